The van der Waals surface area contributed by atoms with Crippen LogP contribution in [0.5, 0.6) is 0 Å². The summed E-state index contributed by atoms with van der Waals surface area (Å²) in [6, 6.07) is 12.3. The van der Waals surface area contributed by atoms with Crippen molar-refractivity contribution in [3.8, 4) is 0 Å². The minimum absolute atomic E-state index is 0.224. The van der Waals surface area contributed by atoms with E-state index in [-0.39, 0.29) is 5.56 Å². The van der Waals surface area contributed by atoms with E-state index in [0.29, 0.717) is 30.7 Å². The van der Waals surface area contributed by atoms with Gasteiger partial charge >= 0.3 is 5.91 Å². The predicted octanol–water partition coefficient (Wildman–Crippen LogP) is 2.92. The first-order chi connectivity index (χ1) is 17.2. The third-order valence-corrected chi connectivity index (χ3v) is 5.36. The second kappa shape index (κ2) is 10.1. The lowest BCUT2D eigenvalue weighted by molar-refractivity contribution is 0.0765. The van der Waals surface area contributed by atoms with E-state index >= 15 is 0 Å². The Kier molecular flexibility index (Phi) is 6.39. The standard InChI is InChI=1S/C24H22N8O3/c33-22(23(34)32-10-9-25-16-32)18-3-1-2-4-19(18)29-20-7-8-26-24(30-20)28-17-5-6-21(27-15-17)31-11-13-35-14-12-31/h1-10,15-16H,11-14H2,(H2,26,28,29,30). The van der Waals surface area contributed by atoms with E-state index in [1.165, 1.54) is 18.7 Å². The number of Topliss-reactive ketones (excluding diaryl/α,β-unsaturated/α-hetero) is 1. The van der Waals surface area contributed by atoms with Gasteiger partial charge in [0.2, 0.25) is 5.95 Å². The zero-order chi connectivity index (χ0) is 24.0. The highest BCUT2D eigenvalue weighted by Crippen LogP contribution is 2.22. The van der Waals surface area contributed by atoms with Crippen molar-refractivity contribution >= 4 is 40.6 Å². The topological polar surface area (TPSA) is 127 Å². The number of hydrogen-bond acceptors (Lipinski definition) is 10. The van der Waals surface area contributed by atoms with E-state index in [1.807, 2.05) is 12.1 Å². The number of para-hydroxylation sites is 1. The maximum atomic E-state index is 12.8. The molecule has 1 aliphatic heterocycles. The van der Waals surface area contributed by atoms with Gasteiger partial charge in [-0.15, -0.1) is 0 Å². The number of ether oxygens (including phenoxy) is 1. The second-order valence-electron chi connectivity index (χ2n) is 7.67. The SMILES string of the molecule is O=C(C(=O)n1ccnc1)c1ccccc1Nc1ccnc(Nc2ccc(N3CCOCC3)nc2)n1. The highest BCUT2D eigenvalue weighted by Gasteiger charge is 2.21. The predicted molar refractivity (Wildman–Crippen MR) is 129 cm³/mol. The first-order valence-corrected chi connectivity index (χ1v) is 11.0. The molecule has 0 radical (unpaired) electrons. The summed E-state index contributed by atoms with van der Waals surface area (Å²) < 4.78 is 6.53. The molecule has 1 saturated heterocycles. The molecule has 4 aromatic rings. The van der Waals surface area contributed by atoms with Crippen LogP contribution in [0.4, 0.5) is 29.0 Å². The van der Waals surface area contributed by atoms with Gasteiger partial charge in [-0.3, -0.25) is 14.2 Å². The van der Waals surface area contributed by atoms with Gasteiger partial charge in [0.05, 0.1) is 36.3 Å². The smallest absolute Gasteiger partial charge is 0.304 e. The zero-order valence-electron chi connectivity index (χ0n) is 18.7. The molecule has 0 unspecified atom stereocenters. The summed E-state index contributed by atoms with van der Waals surface area (Å²) in [6.07, 6.45) is 7.48. The lowest BCUT2D eigenvalue weighted by Crippen LogP contribution is -2.36. The highest BCUT2D eigenvalue weighted by atomic mass is 16.5. The summed E-state index contributed by atoms with van der Waals surface area (Å²) in [5.74, 6) is 0.339. The first-order valence-electron chi connectivity index (χ1n) is 11.0. The monoisotopic (exact) mass is 470 g/mol. The van der Waals surface area contributed by atoms with Gasteiger partial charge in [0.25, 0.3) is 5.78 Å². The molecule has 176 valence electrons. The molecule has 11 heteroatoms. The minimum atomic E-state index is -0.699. The Morgan fingerprint density at radius 1 is 0.943 bits per heavy atom. The Morgan fingerprint density at radius 2 is 1.80 bits per heavy atom. The fourth-order valence-electron chi connectivity index (χ4n) is 3.60. The molecular weight excluding hydrogens is 448 g/mol. The molecule has 1 fully saturated rings. The van der Waals surface area contributed by atoms with E-state index in [2.05, 4.69) is 35.5 Å². The average Bonchev–Trinajstić information content (AvgIpc) is 3.45. The van der Waals surface area contributed by atoms with E-state index in [4.69, 9.17) is 4.74 Å². The van der Waals surface area contributed by atoms with E-state index in [1.54, 1.807) is 42.7 Å². The third-order valence-electron chi connectivity index (χ3n) is 5.36. The van der Waals surface area contributed by atoms with E-state index in [9.17, 15) is 9.59 Å². The molecule has 0 bridgehead atoms. The Bertz CT molecular complexity index is 1320. The minimum Gasteiger partial charge on any atom is -0.378 e. The molecular formula is C24H22N8O3. The van der Waals surface area contributed by atoms with Crippen LogP contribution in [0.25, 0.3) is 0 Å². The van der Waals surface area contributed by atoms with Gasteiger partial charge in [0.1, 0.15) is 18.0 Å². The van der Waals surface area contributed by atoms with Crippen LogP contribution in [0.1, 0.15) is 15.2 Å². The van der Waals surface area contributed by atoms with Crippen LogP contribution in [-0.4, -0.2) is 62.5 Å². The van der Waals surface area contributed by atoms with E-state index in [0.717, 1.165) is 29.2 Å². The number of aromatic nitrogens is 5. The average molecular weight is 470 g/mol. The van der Waals surface area contributed by atoms with E-state index < -0.39 is 11.7 Å². The number of nitrogens with one attached hydrogen (secondary N) is 2. The van der Waals surface area contributed by atoms with Crippen LogP contribution in [0.2, 0.25) is 0 Å². The number of imidazole rings is 1. The number of ketones is 1. The number of carbonyl (C=O) groups excluding carboxylic acids is 2. The van der Waals surface area contributed by atoms with Crippen LogP contribution < -0.4 is 15.5 Å². The number of anilines is 5. The summed E-state index contributed by atoms with van der Waals surface area (Å²) in [5, 5.41) is 6.24. The van der Waals surface area contributed by atoms with Crippen molar-refractivity contribution in [2.75, 3.05) is 41.8 Å². The molecule has 4 heterocycles. The molecule has 0 aliphatic carbocycles. The zero-order valence-corrected chi connectivity index (χ0v) is 18.7. The molecule has 35 heavy (non-hydrogen) atoms. The molecule has 3 aromatic heterocycles. The number of pyridine rings is 1. The summed E-state index contributed by atoms with van der Waals surface area (Å²) in [4.78, 5) is 44.5. The number of rotatable bonds is 7. The van der Waals surface area contributed by atoms with Gasteiger partial charge in [-0.05, 0) is 30.3 Å². The largest absolute Gasteiger partial charge is 0.378 e. The maximum absolute atomic E-state index is 12.8. The number of benzene rings is 1. The quantitative estimate of drug-likeness (QED) is 0.307. The van der Waals surface area contributed by atoms with Gasteiger partial charge in [0.15, 0.2) is 0 Å². The molecule has 0 atom stereocenters. The number of hydrogen-bond donors (Lipinski definition) is 2. The Hall–Kier alpha value is -4.64. The summed E-state index contributed by atoms with van der Waals surface area (Å²) in [7, 11) is 0. The molecule has 5 rings (SSSR count). The summed E-state index contributed by atoms with van der Waals surface area (Å²) in [5.41, 5.74) is 1.41. The van der Waals surface area contributed by atoms with Gasteiger partial charge in [-0.25, -0.2) is 15.0 Å². The second-order valence-corrected chi connectivity index (χ2v) is 7.67. The van der Waals surface area contributed by atoms with Crippen LogP contribution in [0.15, 0.2) is 73.6 Å². The number of carbonyl (C=O) groups is 2. The number of nitrogens with zero attached hydrogens (tertiary/aromatic N) is 6. The van der Waals surface area contributed by atoms with Gasteiger partial charge in [0, 0.05) is 31.7 Å². The third kappa shape index (κ3) is 5.14. The van der Waals surface area contributed by atoms with Crippen molar-refractivity contribution in [3.05, 3.63) is 79.1 Å². The molecule has 1 aliphatic rings. The van der Waals surface area contributed by atoms with Crippen molar-refractivity contribution < 1.29 is 14.3 Å². The molecule has 0 amide bonds. The van der Waals surface area contributed by atoms with Crippen molar-refractivity contribution in [1.29, 1.82) is 0 Å². The lowest BCUT2D eigenvalue weighted by Gasteiger charge is -2.27. The van der Waals surface area contributed by atoms with Gasteiger partial charge < -0.3 is 20.3 Å². The van der Waals surface area contributed by atoms with Gasteiger partial charge in [-0.1, -0.05) is 12.1 Å². The van der Waals surface area contributed by atoms with Gasteiger partial charge in [-0.2, -0.15) is 4.98 Å². The van der Waals surface area contributed by atoms with Crippen molar-refractivity contribution in [2.45, 2.75) is 0 Å². The van der Waals surface area contributed by atoms with Crippen molar-refractivity contribution in [1.82, 2.24) is 24.5 Å². The maximum Gasteiger partial charge on any atom is 0.304 e. The van der Waals surface area contributed by atoms with Crippen LogP contribution in [0.3, 0.4) is 0 Å². The first kappa shape index (κ1) is 22.2. The molecule has 2 N–H and O–H groups in total. The molecule has 11 nitrogen and oxygen atoms in total. The Labute approximate surface area is 200 Å². The molecule has 1 aromatic carbocycles. The fraction of sp³-hybridized carbons (Fsp3) is 0.167. The summed E-state index contributed by atoms with van der Waals surface area (Å²) in [6.45, 7) is 3.02. The fourth-order valence-corrected chi connectivity index (χ4v) is 3.60. The van der Waals surface area contributed by atoms with Crippen molar-refractivity contribution in [2.24, 2.45) is 0 Å². The van der Waals surface area contributed by atoms with Crippen LogP contribution in [0, 0.1) is 0 Å². The molecule has 0 spiro atoms. The number of morpholine rings is 1. The summed E-state index contributed by atoms with van der Waals surface area (Å²) >= 11 is 0. The molecule has 0 saturated carbocycles. The lowest BCUT2D eigenvalue weighted by atomic mass is 10.1. The van der Waals surface area contributed by atoms with Crippen LogP contribution in [-0.2, 0) is 4.74 Å². The van der Waals surface area contributed by atoms with Crippen LogP contribution >= 0.6 is 0 Å². The van der Waals surface area contributed by atoms with Crippen molar-refractivity contribution in [3.63, 3.8) is 0 Å². The Morgan fingerprint density at radius 3 is 2.57 bits per heavy atom. The Balaban J connectivity index is 1.29. The highest BCUT2D eigenvalue weighted by molar-refractivity contribution is 6.44. The normalized spacial score (nSPS) is 13.3.